The van der Waals surface area contributed by atoms with E-state index in [4.69, 9.17) is 0 Å². The van der Waals surface area contributed by atoms with E-state index in [0.29, 0.717) is 0 Å². The van der Waals surface area contributed by atoms with Crippen LogP contribution in [0, 0.1) is 11.3 Å². The second-order valence-electron chi connectivity index (χ2n) is 6.35. The van der Waals surface area contributed by atoms with E-state index in [-0.39, 0.29) is 0 Å². The third kappa shape index (κ3) is 2.28. The van der Waals surface area contributed by atoms with Crippen LogP contribution in [0.15, 0.2) is 0 Å². The predicted molar refractivity (Wildman–Crippen MR) is 67.6 cm³/mol. The van der Waals surface area contributed by atoms with Crippen LogP contribution in [0.3, 0.4) is 0 Å². The first kappa shape index (κ1) is 11.0. The van der Waals surface area contributed by atoms with E-state index in [9.17, 15) is 0 Å². The van der Waals surface area contributed by atoms with Crippen molar-refractivity contribution in [3.05, 3.63) is 0 Å². The van der Waals surface area contributed by atoms with E-state index < -0.39 is 0 Å². The second kappa shape index (κ2) is 4.66. The molecule has 92 valence electrons. The fourth-order valence-electron chi connectivity index (χ4n) is 3.82. The minimum Gasteiger partial charge on any atom is -0.317 e. The number of piperidine rings is 2. The number of likely N-dealkylation sites (tertiary alicyclic amines) is 1. The van der Waals surface area contributed by atoms with Gasteiger partial charge in [0.15, 0.2) is 0 Å². The molecule has 3 rings (SSSR count). The number of hydrogen-bond donors (Lipinski definition) is 1. The van der Waals surface area contributed by atoms with Gasteiger partial charge in [0.05, 0.1) is 0 Å². The van der Waals surface area contributed by atoms with Crippen molar-refractivity contribution in [1.29, 1.82) is 0 Å². The summed E-state index contributed by atoms with van der Waals surface area (Å²) in [7, 11) is 0. The third-order valence-electron chi connectivity index (χ3n) is 5.31. The van der Waals surface area contributed by atoms with Crippen molar-refractivity contribution in [1.82, 2.24) is 10.2 Å². The minimum absolute atomic E-state index is 0.824. The Morgan fingerprint density at radius 2 is 1.69 bits per heavy atom. The second-order valence-corrected chi connectivity index (χ2v) is 6.35. The molecule has 0 aromatic rings. The zero-order valence-electron chi connectivity index (χ0n) is 10.5. The molecular weight excluding hydrogens is 196 g/mol. The van der Waals surface area contributed by atoms with Crippen LogP contribution in [0.2, 0.25) is 0 Å². The molecule has 1 aliphatic carbocycles. The average molecular weight is 222 g/mol. The van der Waals surface area contributed by atoms with Crippen molar-refractivity contribution in [2.45, 2.75) is 44.9 Å². The Hall–Kier alpha value is -0.0800. The van der Waals surface area contributed by atoms with Crippen LogP contribution in [0.5, 0.6) is 0 Å². The molecule has 0 radical (unpaired) electrons. The van der Waals surface area contributed by atoms with E-state index in [1.807, 2.05) is 0 Å². The molecule has 2 saturated heterocycles. The third-order valence-corrected chi connectivity index (χ3v) is 5.31. The van der Waals surface area contributed by atoms with E-state index in [1.54, 1.807) is 0 Å². The number of nitrogens with one attached hydrogen (secondary N) is 1. The molecule has 2 heteroatoms. The Morgan fingerprint density at radius 1 is 1.00 bits per heavy atom. The average Bonchev–Trinajstić information content (AvgIpc) is 2.29. The maximum Gasteiger partial charge on any atom is 0.00106 e. The zero-order chi connectivity index (χ0) is 10.8. The molecule has 1 saturated carbocycles. The van der Waals surface area contributed by atoms with E-state index in [0.717, 1.165) is 11.3 Å². The molecule has 16 heavy (non-hydrogen) atoms. The van der Waals surface area contributed by atoms with Crippen LogP contribution in [0.1, 0.15) is 44.9 Å². The van der Waals surface area contributed by atoms with Gasteiger partial charge in [-0.3, -0.25) is 0 Å². The first-order valence-electron chi connectivity index (χ1n) is 7.29. The monoisotopic (exact) mass is 222 g/mol. The predicted octanol–water partition coefficient (Wildman–Crippen LogP) is 2.25. The molecule has 0 bridgehead atoms. The van der Waals surface area contributed by atoms with Crippen LogP contribution >= 0.6 is 0 Å². The summed E-state index contributed by atoms with van der Waals surface area (Å²) in [6, 6.07) is 0. The highest BCUT2D eigenvalue weighted by molar-refractivity contribution is 4.92. The number of nitrogens with zero attached hydrogens (tertiary/aromatic N) is 1. The van der Waals surface area contributed by atoms with Crippen LogP contribution in [-0.2, 0) is 0 Å². The maximum atomic E-state index is 3.46. The van der Waals surface area contributed by atoms with Gasteiger partial charge in [0.25, 0.3) is 0 Å². The lowest BCUT2D eigenvalue weighted by atomic mass is 9.63. The summed E-state index contributed by atoms with van der Waals surface area (Å²) in [6.45, 7) is 6.68. The highest BCUT2D eigenvalue weighted by Crippen LogP contribution is 2.48. The van der Waals surface area contributed by atoms with Crippen LogP contribution in [-0.4, -0.2) is 37.6 Å². The minimum atomic E-state index is 0.824. The maximum absolute atomic E-state index is 3.46. The van der Waals surface area contributed by atoms with Crippen LogP contribution < -0.4 is 5.32 Å². The van der Waals surface area contributed by atoms with E-state index in [1.165, 1.54) is 77.7 Å². The fraction of sp³-hybridized carbons (Fsp3) is 1.00. The summed E-state index contributed by atoms with van der Waals surface area (Å²) in [5, 5.41) is 3.46. The Balaban J connectivity index is 1.43. The molecule has 0 unspecified atom stereocenters. The molecule has 2 nitrogen and oxygen atoms in total. The quantitative estimate of drug-likeness (QED) is 0.771. The van der Waals surface area contributed by atoms with Gasteiger partial charge in [0.2, 0.25) is 0 Å². The molecule has 0 amide bonds. The highest BCUT2D eigenvalue weighted by atomic mass is 15.1. The Labute approximate surface area is 99.8 Å². The van der Waals surface area contributed by atoms with Crippen LogP contribution in [0.4, 0.5) is 0 Å². The Kier molecular flexibility index (Phi) is 3.21. The molecule has 1 spiro atoms. The van der Waals surface area contributed by atoms with Gasteiger partial charge >= 0.3 is 0 Å². The van der Waals surface area contributed by atoms with Crippen molar-refractivity contribution in [2.75, 3.05) is 32.7 Å². The Bertz CT molecular complexity index is 219. The highest BCUT2D eigenvalue weighted by Gasteiger charge is 2.39. The van der Waals surface area contributed by atoms with Gasteiger partial charge in [0.1, 0.15) is 0 Å². The molecule has 3 aliphatic rings. The lowest BCUT2D eigenvalue weighted by Gasteiger charge is -2.48. The molecule has 0 atom stereocenters. The topological polar surface area (TPSA) is 15.3 Å². The normalized spacial score (nSPS) is 31.5. The van der Waals surface area contributed by atoms with Gasteiger partial charge in [-0.05, 0) is 76.0 Å². The molecule has 3 fully saturated rings. The number of rotatable bonds is 2. The molecule has 2 aliphatic heterocycles. The van der Waals surface area contributed by atoms with Crippen molar-refractivity contribution in [3.63, 3.8) is 0 Å². The van der Waals surface area contributed by atoms with Crippen molar-refractivity contribution in [3.8, 4) is 0 Å². The molecule has 0 aromatic heterocycles. The Morgan fingerprint density at radius 3 is 2.25 bits per heavy atom. The van der Waals surface area contributed by atoms with E-state index in [2.05, 4.69) is 10.2 Å². The number of hydrogen-bond acceptors (Lipinski definition) is 2. The van der Waals surface area contributed by atoms with Gasteiger partial charge in [0, 0.05) is 6.54 Å². The summed E-state index contributed by atoms with van der Waals surface area (Å²) >= 11 is 0. The van der Waals surface area contributed by atoms with Gasteiger partial charge in [-0.1, -0.05) is 6.42 Å². The fourth-order valence-corrected chi connectivity index (χ4v) is 3.82. The molecular formula is C14H26N2. The first-order chi connectivity index (χ1) is 7.86. The first-order valence-corrected chi connectivity index (χ1v) is 7.29. The summed E-state index contributed by atoms with van der Waals surface area (Å²) in [5.74, 6) is 0.983. The SMILES string of the molecule is C1CC2(C1)CCN(CC1CCNCC1)CC2. The summed E-state index contributed by atoms with van der Waals surface area (Å²) < 4.78 is 0. The van der Waals surface area contributed by atoms with Crippen molar-refractivity contribution >= 4 is 0 Å². The molecule has 2 heterocycles. The smallest absolute Gasteiger partial charge is 0.00106 e. The van der Waals surface area contributed by atoms with Gasteiger partial charge in [-0.2, -0.15) is 0 Å². The van der Waals surface area contributed by atoms with Gasteiger partial charge in [-0.25, -0.2) is 0 Å². The molecule has 1 N–H and O–H groups in total. The van der Waals surface area contributed by atoms with Gasteiger partial charge in [-0.15, -0.1) is 0 Å². The van der Waals surface area contributed by atoms with E-state index >= 15 is 0 Å². The summed E-state index contributed by atoms with van der Waals surface area (Å²) in [5.41, 5.74) is 0.824. The molecule has 0 aromatic carbocycles. The zero-order valence-corrected chi connectivity index (χ0v) is 10.5. The lowest BCUT2D eigenvalue weighted by Crippen LogP contribution is -2.46. The van der Waals surface area contributed by atoms with Gasteiger partial charge < -0.3 is 10.2 Å². The van der Waals surface area contributed by atoms with Crippen molar-refractivity contribution < 1.29 is 0 Å². The summed E-state index contributed by atoms with van der Waals surface area (Å²) in [6.07, 6.45) is 10.4. The van der Waals surface area contributed by atoms with Crippen molar-refractivity contribution in [2.24, 2.45) is 11.3 Å². The standard InChI is InChI=1S/C14H26N2/c1-4-14(5-1)6-10-16(11-7-14)12-13-2-8-15-9-3-13/h13,15H,1-12H2. The largest absolute Gasteiger partial charge is 0.317 e. The van der Waals surface area contributed by atoms with Crippen LogP contribution in [0.25, 0.3) is 0 Å². The summed E-state index contributed by atoms with van der Waals surface area (Å²) in [4.78, 5) is 2.75. The lowest BCUT2D eigenvalue weighted by molar-refractivity contribution is 0.0258.